The molecule has 0 radical (unpaired) electrons. The van der Waals surface area contributed by atoms with Gasteiger partial charge in [0, 0.05) is 22.1 Å². The van der Waals surface area contributed by atoms with Gasteiger partial charge in [0.05, 0.1) is 16.5 Å². The fraction of sp³-hybridized carbons (Fsp3) is 0.462. The van der Waals surface area contributed by atoms with Gasteiger partial charge in [-0.15, -0.1) is 0 Å². The fourth-order valence-corrected chi connectivity index (χ4v) is 3.05. The first-order valence-corrected chi connectivity index (χ1v) is 7.20. The first-order chi connectivity index (χ1) is 9.40. The number of hydrogen-bond donors (Lipinski definition) is 2. The molecule has 1 fully saturated rings. The maximum absolute atomic E-state index is 12.2. The van der Waals surface area contributed by atoms with Crippen molar-refractivity contribution in [1.29, 1.82) is 0 Å². The molecule has 1 amide bonds. The SMILES string of the molecule is Cc1cc(Br)c(NC(=O)C2CCCC2N)cc1[N+](=O)[O-]. The van der Waals surface area contributed by atoms with Crippen LogP contribution in [-0.4, -0.2) is 16.9 Å². The van der Waals surface area contributed by atoms with E-state index in [1.807, 2.05) is 0 Å². The van der Waals surface area contributed by atoms with Crippen molar-refractivity contribution >= 4 is 33.2 Å². The van der Waals surface area contributed by atoms with E-state index in [1.54, 1.807) is 13.0 Å². The molecule has 1 aromatic carbocycles. The number of amides is 1. The van der Waals surface area contributed by atoms with Crippen LogP contribution in [0.2, 0.25) is 0 Å². The van der Waals surface area contributed by atoms with Gasteiger partial charge < -0.3 is 11.1 Å². The molecule has 0 aliphatic heterocycles. The number of anilines is 1. The fourth-order valence-electron chi connectivity index (χ4n) is 2.49. The van der Waals surface area contributed by atoms with Crippen LogP contribution in [0.15, 0.2) is 16.6 Å². The van der Waals surface area contributed by atoms with Gasteiger partial charge in [-0.1, -0.05) is 6.42 Å². The summed E-state index contributed by atoms with van der Waals surface area (Å²) in [6.45, 7) is 1.65. The molecule has 2 unspecified atom stereocenters. The predicted octanol–water partition coefficient (Wildman–Crippen LogP) is 2.73. The molecular weight excluding hydrogens is 326 g/mol. The summed E-state index contributed by atoms with van der Waals surface area (Å²) in [6, 6.07) is 2.87. The Hall–Kier alpha value is -1.47. The number of benzene rings is 1. The number of aryl methyl sites for hydroxylation is 1. The molecule has 0 aromatic heterocycles. The minimum atomic E-state index is -0.460. The van der Waals surface area contributed by atoms with Crippen molar-refractivity contribution in [1.82, 2.24) is 0 Å². The Morgan fingerprint density at radius 2 is 2.20 bits per heavy atom. The lowest BCUT2D eigenvalue weighted by Crippen LogP contribution is -2.34. The van der Waals surface area contributed by atoms with E-state index in [0.29, 0.717) is 15.7 Å². The van der Waals surface area contributed by atoms with Crippen molar-refractivity contribution in [2.24, 2.45) is 11.7 Å². The second-order valence-electron chi connectivity index (χ2n) is 5.07. The Balaban J connectivity index is 2.22. The van der Waals surface area contributed by atoms with Crippen LogP contribution >= 0.6 is 15.9 Å². The summed E-state index contributed by atoms with van der Waals surface area (Å²) in [5.41, 5.74) is 6.83. The summed E-state index contributed by atoms with van der Waals surface area (Å²) in [4.78, 5) is 22.6. The smallest absolute Gasteiger partial charge is 0.274 e. The van der Waals surface area contributed by atoms with Crippen molar-refractivity contribution in [3.63, 3.8) is 0 Å². The number of nitrogens with two attached hydrogens (primary N) is 1. The van der Waals surface area contributed by atoms with Crippen molar-refractivity contribution < 1.29 is 9.72 Å². The molecular formula is C13H16BrN3O3. The first kappa shape index (κ1) is 14.9. The third kappa shape index (κ3) is 2.99. The van der Waals surface area contributed by atoms with Gasteiger partial charge in [0.15, 0.2) is 0 Å². The Bertz CT molecular complexity index is 562. The Morgan fingerprint density at radius 3 is 2.75 bits per heavy atom. The molecule has 0 bridgehead atoms. The van der Waals surface area contributed by atoms with Gasteiger partial charge in [0.2, 0.25) is 5.91 Å². The summed E-state index contributed by atoms with van der Waals surface area (Å²) >= 11 is 3.31. The highest BCUT2D eigenvalue weighted by atomic mass is 79.9. The van der Waals surface area contributed by atoms with Gasteiger partial charge in [0.25, 0.3) is 5.69 Å². The number of hydrogen-bond acceptors (Lipinski definition) is 4. The monoisotopic (exact) mass is 341 g/mol. The largest absolute Gasteiger partial charge is 0.327 e. The summed E-state index contributed by atoms with van der Waals surface area (Å²) in [5, 5.41) is 13.7. The quantitative estimate of drug-likeness (QED) is 0.652. The molecule has 3 N–H and O–H groups in total. The highest BCUT2D eigenvalue weighted by Gasteiger charge is 2.30. The van der Waals surface area contributed by atoms with Crippen LogP contribution in [0.1, 0.15) is 24.8 Å². The third-order valence-electron chi connectivity index (χ3n) is 3.65. The maximum atomic E-state index is 12.2. The van der Waals surface area contributed by atoms with Crippen LogP contribution < -0.4 is 11.1 Å². The van der Waals surface area contributed by atoms with Gasteiger partial charge >= 0.3 is 0 Å². The van der Waals surface area contributed by atoms with E-state index in [9.17, 15) is 14.9 Å². The van der Waals surface area contributed by atoms with Crippen LogP contribution in [0, 0.1) is 23.0 Å². The lowest BCUT2D eigenvalue weighted by molar-refractivity contribution is -0.385. The number of carbonyl (C=O) groups excluding carboxylic acids is 1. The molecule has 108 valence electrons. The van der Waals surface area contributed by atoms with Crippen LogP contribution in [0.5, 0.6) is 0 Å². The number of nitro benzene ring substituents is 1. The minimum absolute atomic E-state index is 0.0146. The Labute approximate surface area is 125 Å². The minimum Gasteiger partial charge on any atom is -0.327 e. The van der Waals surface area contributed by atoms with Crippen LogP contribution in [-0.2, 0) is 4.79 Å². The lowest BCUT2D eigenvalue weighted by atomic mass is 10.0. The second-order valence-corrected chi connectivity index (χ2v) is 5.92. The van der Waals surface area contributed by atoms with Crippen molar-refractivity contribution in [2.75, 3.05) is 5.32 Å². The summed E-state index contributed by atoms with van der Waals surface area (Å²) in [7, 11) is 0. The number of rotatable bonds is 3. The Morgan fingerprint density at radius 1 is 1.50 bits per heavy atom. The molecule has 1 aliphatic rings. The number of halogens is 1. The standard InChI is InChI=1S/C13H16BrN3O3/c1-7-5-9(14)11(6-12(7)17(19)20)16-13(18)8-3-2-4-10(8)15/h5-6,8,10H,2-4,15H2,1H3,(H,16,18). The predicted molar refractivity (Wildman–Crippen MR) is 79.5 cm³/mol. The summed E-state index contributed by atoms with van der Waals surface area (Å²) < 4.78 is 0.625. The first-order valence-electron chi connectivity index (χ1n) is 6.41. The van der Waals surface area contributed by atoms with Gasteiger partial charge in [-0.3, -0.25) is 14.9 Å². The van der Waals surface area contributed by atoms with E-state index >= 15 is 0 Å². The number of carbonyl (C=O) groups is 1. The van der Waals surface area contributed by atoms with Gasteiger partial charge in [0.1, 0.15) is 0 Å². The highest BCUT2D eigenvalue weighted by molar-refractivity contribution is 9.10. The zero-order chi connectivity index (χ0) is 14.9. The zero-order valence-corrected chi connectivity index (χ0v) is 12.6. The highest BCUT2D eigenvalue weighted by Crippen LogP contribution is 2.32. The van der Waals surface area contributed by atoms with Gasteiger partial charge in [-0.25, -0.2) is 0 Å². The molecule has 2 rings (SSSR count). The van der Waals surface area contributed by atoms with Crippen LogP contribution in [0.4, 0.5) is 11.4 Å². The van der Waals surface area contributed by atoms with E-state index in [-0.39, 0.29) is 23.6 Å². The molecule has 20 heavy (non-hydrogen) atoms. The second kappa shape index (κ2) is 5.88. The van der Waals surface area contributed by atoms with Gasteiger partial charge in [-0.05, 0) is 41.8 Å². The van der Waals surface area contributed by atoms with E-state index in [2.05, 4.69) is 21.2 Å². The van der Waals surface area contributed by atoms with E-state index in [0.717, 1.165) is 19.3 Å². The average Bonchev–Trinajstić information content (AvgIpc) is 2.78. The van der Waals surface area contributed by atoms with E-state index in [4.69, 9.17) is 5.73 Å². The lowest BCUT2D eigenvalue weighted by Gasteiger charge is -2.16. The molecule has 7 heteroatoms. The molecule has 0 saturated heterocycles. The molecule has 2 atom stereocenters. The average molecular weight is 342 g/mol. The topological polar surface area (TPSA) is 98.3 Å². The normalized spacial score (nSPS) is 21.8. The van der Waals surface area contributed by atoms with Crippen molar-refractivity contribution in [3.8, 4) is 0 Å². The maximum Gasteiger partial charge on any atom is 0.274 e. The van der Waals surface area contributed by atoms with Crippen molar-refractivity contribution in [2.45, 2.75) is 32.2 Å². The van der Waals surface area contributed by atoms with Crippen molar-refractivity contribution in [3.05, 3.63) is 32.3 Å². The molecule has 0 heterocycles. The van der Waals surface area contributed by atoms with E-state index < -0.39 is 4.92 Å². The van der Waals surface area contributed by atoms with Crippen LogP contribution in [0.3, 0.4) is 0 Å². The molecule has 6 nitrogen and oxygen atoms in total. The van der Waals surface area contributed by atoms with Gasteiger partial charge in [-0.2, -0.15) is 0 Å². The number of nitrogens with one attached hydrogen (secondary N) is 1. The van der Waals surface area contributed by atoms with Crippen LogP contribution in [0.25, 0.3) is 0 Å². The summed E-state index contributed by atoms with van der Waals surface area (Å²) in [6.07, 6.45) is 2.54. The third-order valence-corrected chi connectivity index (χ3v) is 4.30. The molecule has 1 aromatic rings. The summed E-state index contributed by atoms with van der Waals surface area (Å²) in [5.74, 6) is -0.392. The molecule has 1 saturated carbocycles. The number of nitro groups is 1. The van der Waals surface area contributed by atoms with E-state index in [1.165, 1.54) is 6.07 Å². The zero-order valence-electron chi connectivity index (χ0n) is 11.1. The molecule has 1 aliphatic carbocycles. The Kier molecular flexibility index (Phi) is 4.39. The molecule has 0 spiro atoms. The number of nitrogens with zero attached hydrogens (tertiary/aromatic N) is 1.